The number of hydrogen-bond donors (Lipinski definition) is 1. The minimum Gasteiger partial charge on any atom is -0.479 e. The number of carbonyl (C=O) groups is 2. The third kappa shape index (κ3) is 2.66. The zero-order chi connectivity index (χ0) is 14.8. The molecule has 5 nitrogen and oxygen atoms in total. The van der Waals surface area contributed by atoms with Crippen molar-refractivity contribution in [1.29, 1.82) is 0 Å². The summed E-state index contributed by atoms with van der Waals surface area (Å²) in [7, 11) is 0. The number of carboxylic acids is 1. The van der Waals surface area contributed by atoms with Crippen LogP contribution in [0.15, 0.2) is 0 Å². The van der Waals surface area contributed by atoms with Crippen molar-refractivity contribution in [3.63, 3.8) is 0 Å². The third-order valence-electron chi connectivity index (χ3n) is 4.58. The smallest absolute Gasteiger partial charge is 0.343 e. The first-order valence-electron chi connectivity index (χ1n) is 7.23. The SMILES string of the molecule is CCOCCC1(C(=O)N2CCC(F)(C(=O)O)C2)CCC1. The highest BCUT2D eigenvalue weighted by Crippen LogP contribution is 2.46. The number of carbonyl (C=O) groups excluding carboxylic acids is 1. The predicted octanol–water partition coefficient (Wildman–Crippen LogP) is 1.61. The number of halogens is 1. The highest BCUT2D eigenvalue weighted by atomic mass is 19.1. The number of rotatable bonds is 6. The molecule has 1 aliphatic carbocycles. The Morgan fingerprint density at radius 3 is 2.50 bits per heavy atom. The van der Waals surface area contributed by atoms with Crippen molar-refractivity contribution in [3.05, 3.63) is 0 Å². The molecule has 0 bridgehead atoms. The van der Waals surface area contributed by atoms with E-state index in [1.165, 1.54) is 4.90 Å². The lowest BCUT2D eigenvalue weighted by Gasteiger charge is -2.42. The molecule has 2 aliphatic rings. The van der Waals surface area contributed by atoms with Gasteiger partial charge in [0.05, 0.1) is 12.0 Å². The van der Waals surface area contributed by atoms with Gasteiger partial charge >= 0.3 is 5.97 Å². The van der Waals surface area contributed by atoms with Crippen LogP contribution in [0.4, 0.5) is 4.39 Å². The summed E-state index contributed by atoms with van der Waals surface area (Å²) in [5, 5.41) is 8.89. The summed E-state index contributed by atoms with van der Waals surface area (Å²) in [6.45, 7) is 2.91. The average molecular weight is 287 g/mol. The maximum Gasteiger partial charge on any atom is 0.343 e. The van der Waals surface area contributed by atoms with Crippen LogP contribution in [0.3, 0.4) is 0 Å². The van der Waals surface area contributed by atoms with E-state index in [4.69, 9.17) is 9.84 Å². The largest absolute Gasteiger partial charge is 0.479 e. The van der Waals surface area contributed by atoms with Crippen molar-refractivity contribution >= 4 is 11.9 Å². The number of aliphatic carboxylic acids is 1. The molecular formula is C14H22FNO4. The molecule has 1 heterocycles. The summed E-state index contributed by atoms with van der Waals surface area (Å²) in [4.78, 5) is 24.9. The van der Waals surface area contributed by atoms with Gasteiger partial charge in [-0.3, -0.25) is 4.79 Å². The van der Waals surface area contributed by atoms with Gasteiger partial charge in [0.2, 0.25) is 11.6 Å². The first kappa shape index (κ1) is 15.2. The maximum atomic E-state index is 14.0. The van der Waals surface area contributed by atoms with E-state index >= 15 is 0 Å². The van der Waals surface area contributed by atoms with E-state index in [0.29, 0.717) is 19.6 Å². The van der Waals surface area contributed by atoms with Gasteiger partial charge in [-0.2, -0.15) is 0 Å². The zero-order valence-corrected chi connectivity index (χ0v) is 11.9. The van der Waals surface area contributed by atoms with Gasteiger partial charge in [0, 0.05) is 26.2 Å². The summed E-state index contributed by atoms with van der Waals surface area (Å²) >= 11 is 0. The van der Waals surface area contributed by atoms with Crippen LogP contribution in [0.1, 0.15) is 39.0 Å². The van der Waals surface area contributed by atoms with Gasteiger partial charge in [0.15, 0.2) is 0 Å². The van der Waals surface area contributed by atoms with Crippen molar-refractivity contribution in [1.82, 2.24) is 4.90 Å². The van der Waals surface area contributed by atoms with Crippen molar-refractivity contribution in [2.24, 2.45) is 5.41 Å². The first-order chi connectivity index (χ1) is 9.43. The Morgan fingerprint density at radius 1 is 1.35 bits per heavy atom. The number of carboxylic acid groups (broad SMARTS) is 1. The van der Waals surface area contributed by atoms with Crippen LogP contribution < -0.4 is 0 Å². The highest BCUT2D eigenvalue weighted by Gasteiger charge is 2.52. The number of amides is 1. The summed E-state index contributed by atoms with van der Waals surface area (Å²) in [5.74, 6) is -1.56. The van der Waals surface area contributed by atoms with Crippen LogP contribution in [0.5, 0.6) is 0 Å². The van der Waals surface area contributed by atoms with E-state index in [-0.39, 0.29) is 25.4 Å². The summed E-state index contributed by atoms with van der Waals surface area (Å²) in [5.41, 5.74) is -2.72. The number of nitrogens with zero attached hydrogens (tertiary/aromatic N) is 1. The normalized spacial score (nSPS) is 28.2. The number of ether oxygens (including phenoxy) is 1. The van der Waals surface area contributed by atoms with Gasteiger partial charge < -0.3 is 14.7 Å². The molecule has 1 N–H and O–H groups in total. The lowest BCUT2D eigenvalue weighted by atomic mass is 9.66. The van der Waals surface area contributed by atoms with Crippen LogP contribution >= 0.6 is 0 Å². The van der Waals surface area contributed by atoms with E-state index in [0.717, 1.165) is 19.3 Å². The molecule has 1 saturated carbocycles. The quantitative estimate of drug-likeness (QED) is 0.754. The lowest BCUT2D eigenvalue weighted by Crippen LogP contribution is -2.49. The van der Waals surface area contributed by atoms with Crippen LogP contribution in [0, 0.1) is 5.41 Å². The van der Waals surface area contributed by atoms with E-state index in [1.54, 1.807) is 0 Å². The topological polar surface area (TPSA) is 66.8 Å². The molecule has 114 valence electrons. The van der Waals surface area contributed by atoms with E-state index in [2.05, 4.69) is 0 Å². The molecule has 1 saturated heterocycles. The predicted molar refractivity (Wildman–Crippen MR) is 70.1 cm³/mol. The van der Waals surface area contributed by atoms with Gasteiger partial charge in [-0.15, -0.1) is 0 Å². The minimum absolute atomic E-state index is 0.0933. The molecular weight excluding hydrogens is 265 g/mol. The highest BCUT2D eigenvalue weighted by molar-refractivity contribution is 5.86. The molecule has 1 unspecified atom stereocenters. The Morgan fingerprint density at radius 2 is 2.05 bits per heavy atom. The van der Waals surface area contributed by atoms with E-state index in [1.807, 2.05) is 6.92 Å². The van der Waals surface area contributed by atoms with Crippen molar-refractivity contribution < 1.29 is 23.8 Å². The van der Waals surface area contributed by atoms with Crippen molar-refractivity contribution in [3.8, 4) is 0 Å². The fourth-order valence-electron chi connectivity index (χ4n) is 3.04. The Hall–Kier alpha value is -1.17. The van der Waals surface area contributed by atoms with Crippen molar-refractivity contribution in [2.75, 3.05) is 26.3 Å². The molecule has 0 aromatic rings. The van der Waals surface area contributed by atoms with Gasteiger partial charge in [-0.1, -0.05) is 6.42 Å². The average Bonchev–Trinajstić information content (AvgIpc) is 2.76. The summed E-state index contributed by atoms with van der Waals surface area (Å²) < 4.78 is 19.4. The number of likely N-dealkylation sites (tertiary alicyclic amines) is 1. The second kappa shape index (κ2) is 5.68. The van der Waals surface area contributed by atoms with Crippen LogP contribution in [0.2, 0.25) is 0 Å². The van der Waals surface area contributed by atoms with Gasteiger partial charge in [-0.05, 0) is 26.2 Å². The fraction of sp³-hybridized carbons (Fsp3) is 0.857. The summed E-state index contributed by atoms with van der Waals surface area (Å²) in [6, 6.07) is 0. The third-order valence-corrected chi connectivity index (χ3v) is 4.58. The second-order valence-corrected chi connectivity index (χ2v) is 5.83. The van der Waals surface area contributed by atoms with Crippen LogP contribution in [0.25, 0.3) is 0 Å². The number of hydrogen-bond acceptors (Lipinski definition) is 3. The molecule has 0 spiro atoms. The molecule has 2 rings (SSSR count). The first-order valence-corrected chi connectivity index (χ1v) is 7.23. The van der Waals surface area contributed by atoms with Crippen LogP contribution in [-0.2, 0) is 14.3 Å². The van der Waals surface area contributed by atoms with Gasteiger partial charge in [0.1, 0.15) is 0 Å². The molecule has 6 heteroatoms. The molecule has 20 heavy (non-hydrogen) atoms. The van der Waals surface area contributed by atoms with Crippen molar-refractivity contribution in [2.45, 2.75) is 44.7 Å². The molecule has 1 amide bonds. The second-order valence-electron chi connectivity index (χ2n) is 5.83. The molecule has 0 aromatic heterocycles. The maximum absolute atomic E-state index is 14.0. The van der Waals surface area contributed by atoms with Gasteiger partial charge in [0.25, 0.3) is 0 Å². The Kier molecular flexibility index (Phi) is 4.32. The van der Waals surface area contributed by atoms with E-state index < -0.39 is 17.1 Å². The number of alkyl halides is 1. The van der Waals surface area contributed by atoms with Crippen LogP contribution in [-0.4, -0.2) is 53.9 Å². The summed E-state index contributed by atoms with van der Waals surface area (Å²) in [6.07, 6.45) is 3.10. The Labute approximate surface area is 118 Å². The molecule has 2 fully saturated rings. The standard InChI is InChI=1S/C14H22FNO4/c1-2-20-9-7-13(4-3-5-13)11(17)16-8-6-14(15,10-16)12(18)19/h2-10H2,1H3,(H,18,19). The zero-order valence-electron chi connectivity index (χ0n) is 11.9. The monoisotopic (exact) mass is 287 g/mol. The molecule has 0 radical (unpaired) electrons. The minimum atomic E-state index is -2.28. The van der Waals surface area contributed by atoms with E-state index in [9.17, 15) is 14.0 Å². The Bertz CT molecular complexity index is 397. The molecule has 0 aromatic carbocycles. The molecule has 1 atom stereocenters. The lowest BCUT2D eigenvalue weighted by molar-refractivity contribution is -0.153. The fourth-order valence-corrected chi connectivity index (χ4v) is 3.04. The molecule has 1 aliphatic heterocycles. The Balaban J connectivity index is 1.98. The van der Waals surface area contributed by atoms with Gasteiger partial charge in [-0.25, -0.2) is 9.18 Å².